The summed E-state index contributed by atoms with van der Waals surface area (Å²) < 4.78 is 67.0. The summed E-state index contributed by atoms with van der Waals surface area (Å²) in [5, 5.41) is 1.50. The van der Waals surface area contributed by atoms with Crippen molar-refractivity contribution in [3.05, 3.63) is 70.8 Å². The van der Waals surface area contributed by atoms with E-state index >= 15 is 8.78 Å². The quantitative estimate of drug-likeness (QED) is 0.642. The molecule has 9 heteroatoms. The number of hydrogen-bond acceptors (Lipinski definition) is 6. The van der Waals surface area contributed by atoms with Crippen LogP contribution in [-0.2, 0) is 30.5 Å². The van der Waals surface area contributed by atoms with Crippen LogP contribution in [0.1, 0.15) is 34.8 Å². The Bertz CT molecular complexity index is 1120. The van der Waals surface area contributed by atoms with E-state index in [1.54, 1.807) is 31.2 Å². The second-order valence-corrected chi connectivity index (χ2v) is 11.0. The maximum absolute atomic E-state index is 15.1. The fourth-order valence-corrected chi connectivity index (χ4v) is 7.03. The van der Waals surface area contributed by atoms with Crippen molar-refractivity contribution in [2.75, 3.05) is 26.9 Å². The summed E-state index contributed by atoms with van der Waals surface area (Å²) in [6.45, 7) is 2.50. The molecule has 0 aromatic heterocycles. The van der Waals surface area contributed by atoms with Crippen LogP contribution in [0.4, 0.5) is 8.78 Å². The maximum Gasteiger partial charge on any atom is 0.313 e. The second-order valence-electron chi connectivity index (χ2n) is 8.69. The molecule has 0 radical (unpaired) electrons. The van der Waals surface area contributed by atoms with E-state index in [0.717, 1.165) is 12.1 Å². The third kappa shape index (κ3) is 4.54. The van der Waals surface area contributed by atoms with Crippen molar-refractivity contribution < 1.29 is 31.5 Å². The number of carbonyl (C=O) groups is 1. The Labute approximate surface area is 192 Å². The molecular weight excluding hydrogens is 452 g/mol. The molecule has 4 rings (SSSR count). The Kier molecular flexibility index (Phi) is 6.83. The molecule has 0 bridgehead atoms. The molecule has 4 atom stereocenters. The van der Waals surface area contributed by atoms with Gasteiger partial charge in [-0.05, 0) is 36.6 Å². The molecular formula is C24H27F2NO5S. The molecule has 2 fully saturated rings. The highest BCUT2D eigenvalue weighted by molar-refractivity contribution is 7.92. The second kappa shape index (κ2) is 9.48. The molecule has 0 amide bonds. The number of benzene rings is 2. The van der Waals surface area contributed by atoms with Crippen LogP contribution in [-0.4, -0.2) is 52.5 Å². The highest BCUT2D eigenvalue weighted by atomic mass is 32.2. The number of ether oxygens (including phenoxy) is 2. The minimum atomic E-state index is -3.69. The van der Waals surface area contributed by atoms with Crippen molar-refractivity contribution in [1.29, 1.82) is 0 Å². The maximum atomic E-state index is 15.1. The smallest absolute Gasteiger partial charge is 0.313 e. The third-order valence-electron chi connectivity index (χ3n) is 6.69. The summed E-state index contributed by atoms with van der Waals surface area (Å²) in [5.41, 5.74) is 0.518. The van der Waals surface area contributed by atoms with Gasteiger partial charge in [-0.3, -0.25) is 4.79 Å². The van der Waals surface area contributed by atoms with Gasteiger partial charge in [-0.25, -0.2) is 17.2 Å². The lowest BCUT2D eigenvalue weighted by molar-refractivity contribution is -0.149. The molecule has 2 heterocycles. The molecule has 2 saturated heterocycles. The summed E-state index contributed by atoms with van der Waals surface area (Å²) in [7, 11) is -2.49. The monoisotopic (exact) mass is 479 g/mol. The van der Waals surface area contributed by atoms with E-state index in [1.807, 2.05) is 6.07 Å². The lowest BCUT2D eigenvalue weighted by atomic mass is 9.83. The topological polar surface area (TPSA) is 81.7 Å². The van der Waals surface area contributed by atoms with E-state index in [2.05, 4.69) is 5.32 Å². The van der Waals surface area contributed by atoms with Gasteiger partial charge in [0.2, 0.25) is 0 Å². The molecule has 2 aromatic carbocycles. The van der Waals surface area contributed by atoms with Crippen molar-refractivity contribution >= 4 is 15.8 Å². The number of sulfone groups is 1. The summed E-state index contributed by atoms with van der Waals surface area (Å²) in [6, 6.07) is 10.4. The van der Waals surface area contributed by atoms with Gasteiger partial charge in [0.05, 0.1) is 36.7 Å². The zero-order valence-electron chi connectivity index (χ0n) is 18.5. The summed E-state index contributed by atoms with van der Waals surface area (Å²) in [6.07, 6.45) is -0.182. The highest BCUT2D eigenvalue weighted by Crippen LogP contribution is 2.36. The van der Waals surface area contributed by atoms with Crippen molar-refractivity contribution in [3.63, 3.8) is 0 Å². The Morgan fingerprint density at radius 3 is 2.48 bits per heavy atom. The molecule has 0 aliphatic carbocycles. The van der Waals surface area contributed by atoms with Gasteiger partial charge in [-0.1, -0.05) is 30.3 Å². The zero-order valence-corrected chi connectivity index (χ0v) is 19.3. The predicted molar refractivity (Wildman–Crippen MR) is 118 cm³/mol. The van der Waals surface area contributed by atoms with Gasteiger partial charge in [-0.2, -0.15) is 0 Å². The molecule has 1 N–H and O–H groups in total. The minimum Gasteiger partial charge on any atom is -0.469 e. The van der Waals surface area contributed by atoms with Crippen LogP contribution in [0.25, 0.3) is 0 Å². The molecule has 0 saturated carbocycles. The van der Waals surface area contributed by atoms with Crippen LogP contribution in [0, 0.1) is 17.6 Å². The van der Waals surface area contributed by atoms with Crippen LogP contribution in [0.2, 0.25) is 0 Å². The number of carbonyl (C=O) groups excluding carboxylic acids is 1. The Balaban J connectivity index is 1.64. The fourth-order valence-electron chi connectivity index (χ4n) is 4.67. The molecule has 2 unspecified atom stereocenters. The van der Waals surface area contributed by atoms with Crippen LogP contribution in [0.5, 0.6) is 0 Å². The van der Waals surface area contributed by atoms with Crippen molar-refractivity contribution in [3.8, 4) is 0 Å². The normalized spacial score (nSPS) is 25.8. The Hall–Kier alpha value is -2.36. The van der Waals surface area contributed by atoms with Crippen LogP contribution in [0.3, 0.4) is 0 Å². The summed E-state index contributed by atoms with van der Waals surface area (Å²) in [4.78, 5) is 12.3. The lowest BCUT2D eigenvalue weighted by Gasteiger charge is -2.36. The van der Waals surface area contributed by atoms with Crippen LogP contribution >= 0.6 is 0 Å². The largest absolute Gasteiger partial charge is 0.469 e. The minimum absolute atomic E-state index is 0.0411. The lowest BCUT2D eigenvalue weighted by Crippen LogP contribution is -2.53. The predicted octanol–water partition coefficient (Wildman–Crippen LogP) is 2.93. The first-order chi connectivity index (χ1) is 15.7. The first-order valence-electron chi connectivity index (χ1n) is 10.9. The fraction of sp³-hybridized carbons (Fsp3) is 0.458. The molecule has 178 valence electrons. The Morgan fingerprint density at radius 2 is 1.88 bits per heavy atom. The van der Waals surface area contributed by atoms with Crippen LogP contribution in [0.15, 0.2) is 42.5 Å². The Morgan fingerprint density at radius 1 is 1.18 bits per heavy atom. The number of rotatable bonds is 6. The number of methoxy groups -OCH3 is 1. The first kappa shape index (κ1) is 23.8. The van der Waals surface area contributed by atoms with Gasteiger partial charge in [-0.15, -0.1) is 0 Å². The average molecular weight is 480 g/mol. The van der Waals surface area contributed by atoms with Crippen molar-refractivity contribution in [2.24, 2.45) is 5.92 Å². The molecule has 0 spiro atoms. The average Bonchev–Trinajstić information content (AvgIpc) is 2.75. The first-order valence-corrected chi connectivity index (χ1v) is 12.5. The molecule has 33 heavy (non-hydrogen) atoms. The van der Waals surface area contributed by atoms with Gasteiger partial charge in [0.25, 0.3) is 0 Å². The molecule has 2 aliphatic rings. The molecule has 2 aliphatic heterocycles. The van der Waals surface area contributed by atoms with E-state index in [4.69, 9.17) is 9.47 Å². The molecule has 2 aromatic rings. The van der Waals surface area contributed by atoms with Crippen molar-refractivity contribution in [2.45, 2.75) is 35.8 Å². The summed E-state index contributed by atoms with van der Waals surface area (Å²) in [5.74, 6) is -3.44. The molecule has 6 nitrogen and oxygen atoms in total. The van der Waals surface area contributed by atoms with Crippen LogP contribution < -0.4 is 5.32 Å². The third-order valence-corrected chi connectivity index (χ3v) is 9.34. The summed E-state index contributed by atoms with van der Waals surface area (Å²) >= 11 is 0. The SMILES string of the molecule is COC(=O)C(c1cc(F)c(CC2[C@H](C)NC[C@@H](c3ccccc3)S2(=O)=O)cc1F)C1COC1. The van der Waals surface area contributed by atoms with Gasteiger partial charge >= 0.3 is 5.97 Å². The van der Waals surface area contributed by atoms with E-state index in [9.17, 15) is 13.2 Å². The van der Waals surface area contributed by atoms with E-state index < -0.39 is 49.9 Å². The van der Waals surface area contributed by atoms with E-state index in [0.29, 0.717) is 5.56 Å². The number of nitrogens with one attached hydrogen (secondary N) is 1. The van der Waals surface area contributed by atoms with E-state index in [1.165, 1.54) is 7.11 Å². The highest BCUT2D eigenvalue weighted by Gasteiger charge is 2.43. The van der Waals surface area contributed by atoms with Gasteiger partial charge in [0, 0.05) is 24.1 Å². The number of esters is 1. The van der Waals surface area contributed by atoms with E-state index in [-0.39, 0.29) is 43.2 Å². The van der Waals surface area contributed by atoms with Gasteiger partial charge < -0.3 is 14.8 Å². The standard InChI is InChI=1S/C24H27F2NO5S/c1-14-21(33(29,30)22(11-27-14)15-6-4-3-5-7-15)9-16-8-20(26)18(10-19(16)25)23(24(28)31-2)17-12-32-13-17/h3-8,10,14,17,21-23,27H,9,11-13H2,1-2H3/t14-,21?,22-,23?/m0/s1. The zero-order chi connectivity index (χ0) is 23.8. The number of halogens is 2. The van der Waals surface area contributed by atoms with Crippen molar-refractivity contribution in [1.82, 2.24) is 5.32 Å². The van der Waals surface area contributed by atoms with Gasteiger partial charge in [0.15, 0.2) is 9.84 Å². The number of hydrogen-bond donors (Lipinski definition) is 1. The van der Waals surface area contributed by atoms with Gasteiger partial charge in [0.1, 0.15) is 11.6 Å².